The van der Waals surface area contributed by atoms with Crippen molar-refractivity contribution in [1.82, 2.24) is 5.32 Å². The van der Waals surface area contributed by atoms with Crippen molar-refractivity contribution in [2.75, 3.05) is 6.61 Å². The van der Waals surface area contributed by atoms with Gasteiger partial charge in [0.25, 0.3) is 0 Å². The number of amides is 1. The van der Waals surface area contributed by atoms with E-state index in [0.29, 0.717) is 11.4 Å². The molecule has 3 N–H and O–H groups in total. The Labute approximate surface area is 188 Å². The maximum atomic E-state index is 12.3. The molecule has 0 spiro atoms. The van der Waals surface area contributed by atoms with Crippen molar-refractivity contribution in [2.24, 2.45) is 5.41 Å². The highest BCUT2D eigenvalue weighted by Crippen LogP contribution is 2.27. The Bertz CT molecular complexity index is 907. The minimum absolute atomic E-state index is 0.0497. The van der Waals surface area contributed by atoms with E-state index in [1.54, 1.807) is 20.8 Å². The van der Waals surface area contributed by atoms with Crippen molar-refractivity contribution in [2.45, 2.75) is 52.2 Å². The monoisotopic (exact) mass is 447 g/mol. The molecule has 0 aromatic heterocycles. The first-order valence-corrected chi connectivity index (χ1v) is 10.5. The van der Waals surface area contributed by atoms with Crippen LogP contribution in [-0.2, 0) is 16.0 Å². The van der Waals surface area contributed by atoms with Gasteiger partial charge in [0.2, 0.25) is 0 Å². The number of alkyl carbamates (subject to hydrolysis) is 1. The zero-order valence-electron chi connectivity index (χ0n) is 18.3. The quantitative estimate of drug-likeness (QED) is 0.534. The lowest BCUT2D eigenvalue weighted by atomic mass is 9.82. The summed E-state index contributed by atoms with van der Waals surface area (Å²) in [5, 5.41) is 22.6. The van der Waals surface area contributed by atoms with Gasteiger partial charge in [-0.2, -0.15) is 0 Å². The second-order valence-electron chi connectivity index (χ2n) is 8.98. The highest BCUT2D eigenvalue weighted by Gasteiger charge is 2.36. The minimum Gasteiger partial charge on any atom is -0.481 e. The third-order valence-electron chi connectivity index (χ3n) is 4.88. The van der Waals surface area contributed by atoms with E-state index < -0.39 is 35.7 Å². The maximum absolute atomic E-state index is 12.3. The fourth-order valence-corrected chi connectivity index (χ4v) is 3.39. The second-order valence-corrected chi connectivity index (χ2v) is 9.42. The van der Waals surface area contributed by atoms with Gasteiger partial charge in [-0.1, -0.05) is 48.0 Å². The smallest absolute Gasteiger partial charge is 0.407 e. The van der Waals surface area contributed by atoms with Crippen LogP contribution in [0.5, 0.6) is 0 Å². The zero-order valence-corrected chi connectivity index (χ0v) is 19.1. The molecule has 2 atom stereocenters. The number of aliphatic carboxylic acids is 1. The maximum Gasteiger partial charge on any atom is 0.407 e. The lowest BCUT2D eigenvalue weighted by Crippen LogP contribution is -2.45. The molecule has 0 bridgehead atoms. The average molecular weight is 448 g/mol. The molecule has 0 unspecified atom stereocenters. The normalized spacial score (nSPS) is 14.4. The summed E-state index contributed by atoms with van der Waals surface area (Å²) in [6.45, 7) is 6.19. The van der Waals surface area contributed by atoms with E-state index in [-0.39, 0.29) is 6.42 Å². The lowest BCUT2D eigenvalue weighted by molar-refractivity contribution is -0.151. The van der Waals surface area contributed by atoms with E-state index in [1.165, 1.54) is 6.92 Å². The molecular formula is C24H30ClNO5. The van der Waals surface area contributed by atoms with E-state index in [2.05, 4.69) is 5.32 Å². The largest absolute Gasteiger partial charge is 0.481 e. The van der Waals surface area contributed by atoms with Crippen molar-refractivity contribution >= 4 is 23.7 Å². The molecule has 2 aromatic rings. The molecular weight excluding hydrogens is 418 g/mol. The summed E-state index contributed by atoms with van der Waals surface area (Å²) < 4.78 is 5.33. The van der Waals surface area contributed by atoms with Crippen LogP contribution in [0.2, 0.25) is 5.02 Å². The fraction of sp³-hybridized carbons (Fsp3) is 0.417. The number of hydrogen-bond donors (Lipinski definition) is 3. The topological polar surface area (TPSA) is 95.9 Å². The van der Waals surface area contributed by atoms with Gasteiger partial charge in [0.15, 0.2) is 0 Å². The van der Waals surface area contributed by atoms with Crippen LogP contribution in [-0.4, -0.2) is 40.5 Å². The van der Waals surface area contributed by atoms with Gasteiger partial charge in [0.05, 0.1) is 12.0 Å². The van der Waals surface area contributed by atoms with Gasteiger partial charge in [0.1, 0.15) is 5.60 Å². The minimum atomic E-state index is -1.39. The summed E-state index contributed by atoms with van der Waals surface area (Å²) in [7, 11) is 0. The lowest BCUT2D eigenvalue weighted by Gasteiger charge is -2.29. The molecule has 168 valence electrons. The van der Waals surface area contributed by atoms with Crippen LogP contribution >= 0.6 is 11.6 Å². The summed E-state index contributed by atoms with van der Waals surface area (Å²) in [6.07, 6.45) is -0.190. The van der Waals surface area contributed by atoms with Crippen LogP contribution in [0.1, 0.15) is 39.7 Å². The Hall–Kier alpha value is -2.57. The molecule has 0 aliphatic heterocycles. The van der Waals surface area contributed by atoms with Gasteiger partial charge in [-0.25, -0.2) is 4.79 Å². The second kappa shape index (κ2) is 10.2. The van der Waals surface area contributed by atoms with Gasteiger partial charge in [0, 0.05) is 11.1 Å². The molecule has 0 heterocycles. The molecule has 31 heavy (non-hydrogen) atoms. The van der Waals surface area contributed by atoms with E-state index >= 15 is 0 Å². The summed E-state index contributed by atoms with van der Waals surface area (Å²) in [6, 6.07) is 14.8. The van der Waals surface area contributed by atoms with Gasteiger partial charge in [-0.05, 0) is 69.4 Å². The number of carbonyl (C=O) groups excluding carboxylic acids is 1. The first kappa shape index (κ1) is 24.7. The van der Waals surface area contributed by atoms with Crippen LogP contribution in [0.25, 0.3) is 11.1 Å². The van der Waals surface area contributed by atoms with Crippen molar-refractivity contribution in [1.29, 1.82) is 0 Å². The molecule has 0 saturated carbocycles. The van der Waals surface area contributed by atoms with Crippen molar-refractivity contribution < 1.29 is 24.5 Å². The standard InChI is InChI=1S/C24H30ClNO5/c1-23(2,3)31-22(30)26-20(14-24(4,15-27)21(28)29)12-16-8-10-17(11-9-16)18-6-5-7-19(25)13-18/h5-11,13,20,27H,12,14-15H2,1-4H3,(H,26,30)(H,28,29)/t20-,24+/m1/s1. The number of halogens is 1. The molecule has 6 nitrogen and oxygen atoms in total. The van der Waals surface area contributed by atoms with Crippen molar-refractivity contribution in [3.63, 3.8) is 0 Å². The highest BCUT2D eigenvalue weighted by molar-refractivity contribution is 6.30. The highest BCUT2D eigenvalue weighted by atomic mass is 35.5. The van der Waals surface area contributed by atoms with Crippen LogP contribution in [0.3, 0.4) is 0 Å². The Balaban J connectivity index is 2.21. The summed E-state index contributed by atoms with van der Waals surface area (Å²) in [5.74, 6) is -1.12. The van der Waals surface area contributed by atoms with Crippen LogP contribution in [0, 0.1) is 5.41 Å². The van der Waals surface area contributed by atoms with E-state index in [1.807, 2.05) is 48.5 Å². The van der Waals surface area contributed by atoms with E-state index in [0.717, 1.165) is 16.7 Å². The van der Waals surface area contributed by atoms with E-state index in [9.17, 15) is 19.8 Å². The zero-order chi connectivity index (χ0) is 23.2. The Morgan fingerprint density at radius 2 is 1.71 bits per heavy atom. The number of carboxylic acids is 1. The van der Waals surface area contributed by atoms with E-state index in [4.69, 9.17) is 16.3 Å². The number of aliphatic hydroxyl groups is 1. The Kier molecular flexibility index (Phi) is 8.09. The number of benzene rings is 2. The van der Waals surface area contributed by atoms with Gasteiger partial charge in [-0.15, -0.1) is 0 Å². The Morgan fingerprint density at radius 3 is 2.23 bits per heavy atom. The third-order valence-corrected chi connectivity index (χ3v) is 5.11. The molecule has 0 saturated heterocycles. The SMILES string of the molecule is CC(C)(C)OC(=O)N[C@H](Cc1ccc(-c2cccc(Cl)c2)cc1)C[C@@](C)(CO)C(=O)O. The molecule has 0 aliphatic rings. The molecule has 2 aromatic carbocycles. The number of rotatable bonds is 8. The van der Waals surface area contributed by atoms with Gasteiger partial charge >= 0.3 is 12.1 Å². The van der Waals surface area contributed by atoms with Crippen molar-refractivity contribution in [3.8, 4) is 11.1 Å². The van der Waals surface area contributed by atoms with Crippen molar-refractivity contribution in [3.05, 3.63) is 59.1 Å². The number of nitrogens with one attached hydrogen (secondary N) is 1. The summed E-state index contributed by atoms with van der Waals surface area (Å²) in [5.41, 5.74) is 0.827. The van der Waals surface area contributed by atoms with Gasteiger partial charge in [-0.3, -0.25) is 4.79 Å². The van der Waals surface area contributed by atoms with Crippen LogP contribution in [0.4, 0.5) is 4.79 Å². The predicted octanol–water partition coefficient (Wildman–Crippen LogP) is 4.92. The molecule has 2 rings (SSSR count). The van der Waals surface area contributed by atoms with Crippen LogP contribution < -0.4 is 5.32 Å². The number of ether oxygens (including phenoxy) is 1. The number of carbonyl (C=O) groups is 2. The molecule has 0 fully saturated rings. The molecule has 0 radical (unpaired) electrons. The average Bonchev–Trinajstić information content (AvgIpc) is 2.66. The fourth-order valence-electron chi connectivity index (χ4n) is 3.20. The molecule has 7 heteroatoms. The first-order valence-electron chi connectivity index (χ1n) is 10.1. The molecule has 1 amide bonds. The third kappa shape index (κ3) is 7.56. The summed E-state index contributed by atoms with van der Waals surface area (Å²) >= 11 is 6.07. The predicted molar refractivity (Wildman–Crippen MR) is 121 cm³/mol. The summed E-state index contributed by atoms with van der Waals surface area (Å²) in [4.78, 5) is 24.0. The number of hydrogen-bond acceptors (Lipinski definition) is 4. The molecule has 0 aliphatic carbocycles. The van der Waals surface area contributed by atoms with Gasteiger partial charge < -0.3 is 20.3 Å². The number of aliphatic hydroxyl groups excluding tert-OH is 1. The Morgan fingerprint density at radius 1 is 1.06 bits per heavy atom. The number of carboxylic acid groups (broad SMARTS) is 1. The first-order chi connectivity index (χ1) is 14.4. The van der Waals surface area contributed by atoms with Crippen LogP contribution in [0.15, 0.2) is 48.5 Å².